The van der Waals surface area contributed by atoms with Gasteiger partial charge in [-0.25, -0.2) is 4.98 Å². The number of aromatic nitrogens is 3. The third kappa shape index (κ3) is 2.67. The van der Waals surface area contributed by atoms with Crippen molar-refractivity contribution in [1.29, 1.82) is 0 Å². The number of H-pyrrole nitrogens is 1. The summed E-state index contributed by atoms with van der Waals surface area (Å²) >= 11 is 1.64. The van der Waals surface area contributed by atoms with Crippen molar-refractivity contribution >= 4 is 17.7 Å². The van der Waals surface area contributed by atoms with E-state index in [-0.39, 0.29) is 5.97 Å². The Balaban J connectivity index is 2.01. The molecule has 0 aliphatic heterocycles. The minimum atomic E-state index is -0.527. The topological polar surface area (TPSA) is 79.9 Å². The summed E-state index contributed by atoms with van der Waals surface area (Å²) in [5.41, 5.74) is -0.527. The van der Waals surface area contributed by atoms with Crippen molar-refractivity contribution in [1.82, 2.24) is 20.5 Å². The average molecular weight is 270 g/mol. The van der Waals surface area contributed by atoms with E-state index < -0.39 is 5.54 Å². The summed E-state index contributed by atoms with van der Waals surface area (Å²) in [6.45, 7) is 2.76. The van der Waals surface area contributed by atoms with Crippen molar-refractivity contribution in [3.8, 4) is 0 Å². The molecule has 2 atom stereocenters. The van der Waals surface area contributed by atoms with Gasteiger partial charge in [-0.3, -0.25) is 9.89 Å². The number of carbonyl (C=O) groups is 1. The lowest BCUT2D eigenvalue weighted by molar-refractivity contribution is -0.148. The molecule has 7 heteroatoms. The van der Waals surface area contributed by atoms with Crippen LogP contribution in [0.1, 0.15) is 26.2 Å². The highest BCUT2D eigenvalue weighted by Crippen LogP contribution is 2.39. The normalized spacial score (nSPS) is 27.3. The van der Waals surface area contributed by atoms with E-state index in [1.807, 2.05) is 6.92 Å². The number of carbonyl (C=O) groups excluding carboxylic acids is 1. The lowest BCUT2D eigenvalue weighted by atomic mass is 9.98. The van der Waals surface area contributed by atoms with Crippen LogP contribution in [0, 0.1) is 0 Å². The third-order valence-corrected chi connectivity index (χ3v) is 4.39. The van der Waals surface area contributed by atoms with Crippen LogP contribution in [0.3, 0.4) is 0 Å². The number of nitrogens with zero attached hydrogens (tertiary/aromatic N) is 2. The standard InChI is InChI=1S/C11H18N4O2S/c1-3-13-11(9(16)17-2)5-4-8(6-11)18-10-12-7-14-15-10/h7-8,13H,3-6H2,1-2H3,(H,12,14,15). The van der Waals surface area contributed by atoms with Gasteiger partial charge in [-0.05, 0) is 25.8 Å². The monoisotopic (exact) mass is 270 g/mol. The van der Waals surface area contributed by atoms with E-state index in [1.165, 1.54) is 13.4 Å². The first-order valence-electron chi connectivity index (χ1n) is 6.05. The van der Waals surface area contributed by atoms with Gasteiger partial charge in [0.25, 0.3) is 0 Å². The molecule has 0 saturated heterocycles. The Kier molecular flexibility index (Phi) is 4.23. The van der Waals surface area contributed by atoms with Crippen molar-refractivity contribution in [3.05, 3.63) is 6.33 Å². The summed E-state index contributed by atoms with van der Waals surface area (Å²) < 4.78 is 4.93. The quantitative estimate of drug-likeness (QED) is 0.776. The van der Waals surface area contributed by atoms with Crippen LogP contribution in [0.15, 0.2) is 11.5 Å². The van der Waals surface area contributed by atoms with Gasteiger partial charge in [0.1, 0.15) is 11.9 Å². The van der Waals surface area contributed by atoms with E-state index in [4.69, 9.17) is 4.74 Å². The maximum atomic E-state index is 11.9. The highest BCUT2D eigenvalue weighted by molar-refractivity contribution is 7.99. The second kappa shape index (κ2) is 5.71. The summed E-state index contributed by atoms with van der Waals surface area (Å²) in [6, 6.07) is 0. The van der Waals surface area contributed by atoms with E-state index in [0.717, 1.165) is 31.0 Å². The first-order chi connectivity index (χ1) is 8.70. The van der Waals surface area contributed by atoms with Gasteiger partial charge in [-0.1, -0.05) is 18.7 Å². The van der Waals surface area contributed by atoms with Crippen molar-refractivity contribution in [2.45, 2.75) is 42.1 Å². The number of hydrogen-bond donors (Lipinski definition) is 2. The number of rotatable bonds is 5. The number of aromatic amines is 1. The van der Waals surface area contributed by atoms with E-state index in [0.29, 0.717) is 5.25 Å². The van der Waals surface area contributed by atoms with Crippen LogP contribution >= 0.6 is 11.8 Å². The molecule has 1 aliphatic carbocycles. The minimum Gasteiger partial charge on any atom is -0.468 e. The molecule has 0 aromatic carbocycles. The van der Waals surface area contributed by atoms with Crippen LogP contribution in [0.4, 0.5) is 0 Å². The zero-order valence-electron chi connectivity index (χ0n) is 10.6. The molecule has 1 fully saturated rings. The molecule has 0 amide bonds. The van der Waals surface area contributed by atoms with E-state index >= 15 is 0 Å². The molecule has 6 nitrogen and oxygen atoms in total. The second-order valence-corrected chi connectivity index (χ2v) is 5.67. The van der Waals surface area contributed by atoms with E-state index in [2.05, 4.69) is 20.5 Å². The Bertz CT molecular complexity index is 398. The summed E-state index contributed by atoms with van der Waals surface area (Å²) in [7, 11) is 1.44. The molecule has 2 rings (SSSR count). The van der Waals surface area contributed by atoms with Crippen LogP contribution in [0.25, 0.3) is 0 Å². The molecule has 2 unspecified atom stereocenters. The maximum absolute atomic E-state index is 11.9. The third-order valence-electron chi connectivity index (χ3n) is 3.23. The van der Waals surface area contributed by atoms with Crippen molar-refractivity contribution in [2.75, 3.05) is 13.7 Å². The van der Waals surface area contributed by atoms with Gasteiger partial charge in [-0.15, -0.1) is 0 Å². The zero-order valence-corrected chi connectivity index (χ0v) is 11.4. The van der Waals surface area contributed by atoms with Gasteiger partial charge in [0.2, 0.25) is 0 Å². The lowest BCUT2D eigenvalue weighted by Gasteiger charge is -2.27. The minimum absolute atomic E-state index is 0.162. The van der Waals surface area contributed by atoms with Gasteiger partial charge in [-0.2, -0.15) is 5.10 Å². The lowest BCUT2D eigenvalue weighted by Crippen LogP contribution is -2.50. The van der Waals surface area contributed by atoms with Crippen molar-refractivity contribution in [2.24, 2.45) is 0 Å². The number of nitrogens with one attached hydrogen (secondary N) is 2. The molecular weight excluding hydrogens is 252 g/mol. The fourth-order valence-electron chi connectivity index (χ4n) is 2.46. The van der Waals surface area contributed by atoms with Gasteiger partial charge >= 0.3 is 5.97 Å². The molecule has 18 heavy (non-hydrogen) atoms. The molecule has 100 valence electrons. The van der Waals surface area contributed by atoms with Crippen molar-refractivity contribution < 1.29 is 9.53 Å². The van der Waals surface area contributed by atoms with Gasteiger partial charge in [0.15, 0.2) is 5.16 Å². The number of ether oxygens (including phenoxy) is 1. The Morgan fingerprint density at radius 2 is 2.61 bits per heavy atom. The Morgan fingerprint density at radius 1 is 1.78 bits per heavy atom. The van der Waals surface area contributed by atoms with Crippen LogP contribution < -0.4 is 5.32 Å². The number of thioether (sulfide) groups is 1. The van der Waals surface area contributed by atoms with Crippen LogP contribution in [-0.4, -0.2) is 45.6 Å². The summed E-state index contributed by atoms with van der Waals surface area (Å²) in [5.74, 6) is -0.162. The number of hydrogen-bond acceptors (Lipinski definition) is 6. The molecule has 1 aromatic rings. The highest BCUT2D eigenvalue weighted by atomic mass is 32.2. The predicted octanol–water partition coefficient (Wildman–Crippen LogP) is 0.971. The van der Waals surface area contributed by atoms with Gasteiger partial charge in [0, 0.05) is 5.25 Å². The van der Waals surface area contributed by atoms with Crippen LogP contribution in [0.5, 0.6) is 0 Å². The molecule has 1 saturated carbocycles. The first-order valence-corrected chi connectivity index (χ1v) is 6.93. The van der Waals surface area contributed by atoms with E-state index in [1.54, 1.807) is 11.8 Å². The predicted molar refractivity (Wildman–Crippen MR) is 68.3 cm³/mol. The fourth-order valence-corrected chi connectivity index (χ4v) is 3.59. The Hall–Kier alpha value is -1.08. The Labute approximate surface area is 110 Å². The largest absolute Gasteiger partial charge is 0.468 e. The SMILES string of the molecule is CCNC1(C(=O)OC)CCC(Sc2ncn[nH]2)C1. The smallest absolute Gasteiger partial charge is 0.326 e. The summed E-state index contributed by atoms with van der Waals surface area (Å²) in [4.78, 5) is 16.0. The summed E-state index contributed by atoms with van der Waals surface area (Å²) in [6.07, 6.45) is 4.03. The highest BCUT2D eigenvalue weighted by Gasteiger charge is 2.46. The van der Waals surface area contributed by atoms with Crippen LogP contribution in [-0.2, 0) is 9.53 Å². The van der Waals surface area contributed by atoms with E-state index in [9.17, 15) is 4.79 Å². The second-order valence-electron chi connectivity index (χ2n) is 4.38. The average Bonchev–Trinajstić information content (AvgIpc) is 3.00. The molecule has 1 aliphatic rings. The first kappa shape index (κ1) is 13.4. The fraction of sp³-hybridized carbons (Fsp3) is 0.727. The number of likely N-dealkylation sites (N-methyl/N-ethyl adjacent to an activating group) is 1. The number of esters is 1. The number of methoxy groups -OCH3 is 1. The van der Waals surface area contributed by atoms with Crippen molar-refractivity contribution in [3.63, 3.8) is 0 Å². The summed E-state index contributed by atoms with van der Waals surface area (Å²) in [5, 5.41) is 11.1. The Morgan fingerprint density at radius 3 is 3.22 bits per heavy atom. The molecule has 1 heterocycles. The zero-order chi connectivity index (χ0) is 13.0. The van der Waals surface area contributed by atoms with Crippen LogP contribution in [0.2, 0.25) is 0 Å². The maximum Gasteiger partial charge on any atom is 0.326 e. The molecule has 2 N–H and O–H groups in total. The molecule has 1 aromatic heterocycles. The molecule has 0 bridgehead atoms. The molecule has 0 radical (unpaired) electrons. The van der Waals surface area contributed by atoms with Gasteiger partial charge < -0.3 is 10.1 Å². The molecule has 0 spiro atoms. The molecular formula is C11H18N4O2S. The van der Waals surface area contributed by atoms with Gasteiger partial charge in [0.05, 0.1) is 7.11 Å².